The molecule has 0 saturated heterocycles. The van der Waals surface area contributed by atoms with Gasteiger partial charge >= 0.3 is 17.9 Å². The van der Waals surface area contributed by atoms with Gasteiger partial charge in [0.05, 0.1) is 34.4 Å². The van der Waals surface area contributed by atoms with Gasteiger partial charge in [-0.2, -0.15) is 0 Å². The van der Waals surface area contributed by atoms with E-state index in [9.17, 15) is 19.5 Å². The molecule has 0 aromatic rings. The number of likely N-dealkylation sites (N-methyl/N-ethyl adjacent to an activating group) is 1. The number of esters is 2. The lowest BCUT2D eigenvalue weighted by Gasteiger charge is -2.31. The number of ether oxygens (including phenoxy) is 3. The van der Waals surface area contributed by atoms with Crippen molar-refractivity contribution in [1.29, 1.82) is 0 Å². The molecule has 0 radical (unpaired) electrons. The second kappa shape index (κ2) is 43.4. The Kier molecular flexibility index (Phi) is 41.1. The Morgan fingerprint density at radius 1 is 0.508 bits per heavy atom. The Hall–Kier alpha value is -3.23. The van der Waals surface area contributed by atoms with Crippen LogP contribution in [-0.2, 0) is 28.6 Å². The predicted molar refractivity (Wildman–Crippen MR) is 257 cm³/mol. The third-order valence-electron chi connectivity index (χ3n) is 10.6. The number of carboxylic acids is 1. The summed E-state index contributed by atoms with van der Waals surface area (Å²) in [7, 11) is 5.52. The summed E-state index contributed by atoms with van der Waals surface area (Å²) in [4.78, 5) is 37.1. The highest BCUT2D eigenvalue weighted by Gasteiger charge is 2.31. The molecule has 2 unspecified atom stereocenters. The minimum atomic E-state index is -0.880. The van der Waals surface area contributed by atoms with Crippen LogP contribution >= 0.6 is 0 Å². The minimum absolute atomic E-state index is 0.0507. The van der Waals surface area contributed by atoms with Crippen LogP contribution in [0.25, 0.3) is 0 Å². The zero-order valence-electron chi connectivity index (χ0n) is 39.8. The van der Waals surface area contributed by atoms with E-state index in [1.807, 2.05) is 21.1 Å². The van der Waals surface area contributed by atoms with Gasteiger partial charge in [-0.05, 0) is 83.5 Å². The molecule has 0 aliphatic heterocycles. The minimum Gasteiger partial charge on any atom is -0.477 e. The molecule has 0 aliphatic rings. The normalized spacial score (nSPS) is 13.5. The Morgan fingerprint density at radius 3 is 1.38 bits per heavy atom. The summed E-state index contributed by atoms with van der Waals surface area (Å²) in [6.07, 6.45) is 55.1. The SMILES string of the molecule is CC/C=C/C/C=C/C/C=C/C/C=C/C/C=C/CCCCCCCCC(=O)OC(COCCC(C(=O)O)[N+](C)(C)C)COC(=O)CCCCCCCCC/C=C/CCCCCC. The van der Waals surface area contributed by atoms with E-state index in [0.29, 0.717) is 19.3 Å². The fraction of sp³-hybridized carbons (Fsp3) is 0.717. The lowest BCUT2D eigenvalue weighted by atomic mass is 10.1. The van der Waals surface area contributed by atoms with Crippen LogP contribution in [-0.4, -0.2) is 80.6 Å². The summed E-state index contributed by atoms with van der Waals surface area (Å²) < 4.78 is 17.3. The van der Waals surface area contributed by atoms with Crippen LogP contribution in [0.3, 0.4) is 0 Å². The van der Waals surface area contributed by atoms with E-state index < -0.39 is 18.1 Å². The molecule has 0 aromatic heterocycles. The molecular formula is C53H92NO7+. The number of aliphatic carboxylic acids is 1. The van der Waals surface area contributed by atoms with Gasteiger partial charge in [-0.25, -0.2) is 4.79 Å². The molecule has 8 nitrogen and oxygen atoms in total. The highest BCUT2D eigenvalue weighted by atomic mass is 16.6. The Bertz CT molecular complexity index is 1230. The zero-order chi connectivity index (χ0) is 44.9. The number of carboxylic acid groups (broad SMARTS) is 1. The van der Waals surface area contributed by atoms with Crippen LogP contribution in [0, 0.1) is 0 Å². The topological polar surface area (TPSA) is 99.1 Å². The standard InChI is InChI=1S/C53H91NO7/c1-6-8-10-12-14-16-18-20-22-23-24-25-26-27-28-30-32-34-36-38-40-42-44-52(56)61-49(47-59-46-45-50(53(57)58)54(3,4)5)48-60-51(55)43-41-39-37-35-33-31-29-21-19-17-15-13-11-9-7-2/h8,10,14,16-17,19-20,22,24-25,27-28,49-50H,6-7,9,11-13,15,18,21,23,26,29-48H2,1-5H3/p+1/b10-8+,16-14+,19-17+,22-20+,25-24+,28-27+. The molecule has 0 spiro atoms. The van der Waals surface area contributed by atoms with Crippen LogP contribution in [0.5, 0.6) is 0 Å². The number of nitrogens with zero attached hydrogens (tertiary/aromatic N) is 1. The molecule has 0 saturated carbocycles. The molecule has 61 heavy (non-hydrogen) atoms. The van der Waals surface area contributed by atoms with E-state index in [2.05, 4.69) is 86.8 Å². The van der Waals surface area contributed by atoms with Crippen molar-refractivity contribution in [3.8, 4) is 0 Å². The van der Waals surface area contributed by atoms with Gasteiger partial charge in [0.2, 0.25) is 0 Å². The Labute approximate surface area is 374 Å². The van der Waals surface area contributed by atoms with E-state index in [4.69, 9.17) is 14.2 Å². The van der Waals surface area contributed by atoms with E-state index in [1.54, 1.807) is 0 Å². The molecule has 350 valence electrons. The first-order valence-electron chi connectivity index (χ1n) is 24.5. The van der Waals surface area contributed by atoms with Gasteiger partial charge in [0, 0.05) is 19.3 Å². The lowest BCUT2D eigenvalue weighted by Crippen LogP contribution is -2.50. The van der Waals surface area contributed by atoms with Crippen molar-refractivity contribution in [2.75, 3.05) is 41.0 Å². The van der Waals surface area contributed by atoms with Crippen molar-refractivity contribution < 1.29 is 38.2 Å². The number of allylic oxidation sites excluding steroid dienone is 12. The van der Waals surface area contributed by atoms with Gasteiger partial charge in [0.1, 0.15) is 6.61 Å². The second-order valence-corrected chi connectivity index (χ2v) is 17.3. The van der Waals surface area contributed by atoms with Crippen LogP contribution < -0.4 is 0 Å². The van der Waals surface area contributed by atoms with E-state index in [1.165, 1.54) is 77.0 Å². The monoisotopic (exact) mass is 855 g/mol. The van der Waals surface area contributed by atoms with Crippen LogP contribution in [0.15, 0.2) is 72.9 Å². The summed E-state index contributed by atoms with van der Waals surface area (Å²) >= 11 is 0. The number of hydrogen-bond acceptors (Lipinski definition) is 6. The summed E-state index contributed by atoms with van der Waals surface area (Å²) in [6, 6.07) is -0.621. The number of quaternary nitrogens is 1. The predicted octanol–water partition coefficient (Wildman–Crippen LogP) is 13.9. The highest BCUT2D eigenvalue weighted by Crippen LogP contribution is 2.14. The van der Waals surface area contributed by atoms with Crippen LogP contribution in [0.2, 0.25) is 0 Å². The maximum absolute atomic E-state index is 12.8. The average Bonchev–Trinajstić information content (AvgIpc) is 3.22. The third-order valence-corrected chi connectivity index (χ3v) is 10.6. The average molecular weight is 855 g/mol. The Morgan fingerprint density at radius 2 is 0.918 bits per heavy atom. The molecule has 0 aromatic carbocycles. The van der Waals surface area contributed by atoms with Gasteiger partial charge in [-0.3, -0.25) is 9.59 Å². The first-order chi connectivity index (χ1) is 29.6. The fourth-order valence-electron chi connectivity index (χ4n) is 6.82. The van der Waals surface area contributed by atoms with Gasteiger partial charge in [0.25, 0.3) is 0 Å². The van der Waals surface area contributed by atoms with Gasteiger partial charge in [-0.1, -0.05) is 164 Å². The summed E-state index contributed by atoms with van der Waals surface area (Å²) in [5.74, 6) is -1.49. The summed E-state index contributed by atoms with van der Waals surface area (Å²) in [5.41, 5.74) is 0. The number of hydrogen-bond donors (Lipinski definition) is 1. The van der Waals surface area contributed by atoms with Crippen molar-refractivity contribution in [2.24, 2.45) is 0 Å². The maximum Gasteiger partial charge on any atom is 0.362 e. The molecule has 8 heteroatoms. The number of carbonyl (C=O) groups is 3. The van der Waals surface area contributed by atoms with Crippen LogP contribution in [0.1, 0.15) is 194 Å². The molecule has 0 heterocycles. The lowest BCUT2D eigenvalue weighted by molar-refractivity contribution is -0.887. The largest absolute Gasteiger partial charge is 0.477 e. The number of rotatable bonds is 43. The molecule has 0 rings (SSSR count). The molecule has 0 amide bonds. The molecule has 2 atom stereocenters. The summed E-state index contributed by atoms with van der Waals surface area (Å²) in [5, 5.41) is 9.64. The molecular weight excluding hydrogens is 763 g/mol. The number of unbranched alkanes of at least 4 members (excludes halogenated alkanes) is 17. The molecule has 0 aliphatic carbocycles. The van der Waals surface area contributed by atoms with Crippen molar-refractivity contribution in [3.63, 3.8) is 0 Å². The van der Waals surface area contributed by atoms with Gasteiger partial charge in [-0.15, -0.1) is 0 Å². The quantitative estimate of drug-likeness (QED) is 0.0282. The first-order valence-corrected chi connectivity index (χ1v) is 24.5. The fourth-order valence-corrected chi connectivity index (χ4v) is 6.82. The first kappa shape index (κ1) is 57.8. The zero-order valence-corrected chi connectivity index (χ0v) is 39.8. The molecule has 0 fully saturated rings. The second-order valence-electron chi connectivity index (χ2n) is 17.3. The van der Waals surface area contributed by atoms with E-state index >= 15 is 0 Å². The van der Waals surface area contributed by atoms with Gasteiger partial charge < -0.3 is 23.8 Å². The van der Waals surface area contributed by atoms with Crippen LogP contribution in [0.4, 0.5) is 0 Å². The number of carbonyl (C=O) groups excluding carboxylic acids is 2. The van der Waals surface area contributed by atoms with E-state index in [-0.39, 0.29) is 36.2 Å². The van der Waals surface area contributed by atoms with E-state index in [0.717, 1.165) is 83.5 Å². The molecule has 1 N–H and O–H groups in total. The van der Waals surface area contributed by atoms with Crippen molar-refractivity contribution in [2.45, 2.75) is 206 Å². The van der Waals surface area contributed by atoms with Crippen molar-refractivity contribution >= 4 is 17.9 Å². The smallest absolute Gasteiger partial charge is 0.362 e. The van der Waals surface area contributed by atoms with Crippen molar-refractivity contribution in [1.82, 2.24) is 0 Å². The van der Waals surface area contributed by atoms with Gasteiger partial charge in [0.15, 0.2) is 12.1 Å². The van der Waals surface area contributed by atoms with Crippen molar-refractivity contribution in [3.05, 3.63) is 72.9 Å². The third kappa shape index (κ3) is 41.9. The summed E-state index contributed by atoms with van der Waals surface area (Å²) in [6.45, 7) is 4.59. The highest BCUT2D eigenvalue weighted by molar-refractivity contribution is 5.72. The maximum atomic E-state index is 12.8. The molecule has 0 bridgehead atoms. The Balaban J connectivity index is 4.32.